The fourth-order valence-corrected chi connectivity index (χ4v) is 1.59. The second-order valence-electron chi connectivity index (χ2n) is 4.19. The van der Waals surface area contributed by atoms with Gasteiger partial charge in [-0.25, -0.2) is 4.79 Å². The summed E-state index contributed by atoms with van der Waals surface area (Å²) in [6, 6.07) is 5.05. The van der Waals surface area contributed by atoms with Crippen molar-refractivity contribution < 1.29 is 14.3 Å². The van der Waals surface area contributed by atoms with Gasteiger partial charge in [-0.2, -0.15) is 0 Å². The predicted octanol–water partition coefficient (Wildman–Crippen LogP) is 1.65. The van der Waals surface area contributed by atoms with E-state index in [0.717, 1.165) is 5.56 Å². The van der Waals surface area contributed by atoms with Crippen LogP contribution in [0.2, 0.25) is 0 Å². The maximum atomic E-state index is 11.7. The van der Waals surface area contributed by atoms with Gasteiger partial charge in [-0.1, -0.05) is 6.07 Å². The van der Waals surface area contributed by atoms with Crippen LogP contribution in [0.5, 0.6) is 5.75 Å². The fourth-order valence-electron chi connectivity index (χ4n) is 1.59. The number of aryl methyl sites for hydroxylation is 1. The van der Waals surface area contributed by atoms with Crippen LogP contribution in [-0.4, -0.2) is 31.6 Å². The van der Waals surface area contributed by atoms with Gasteiger partial charge in [0.1, 0.15) is 5.75 Å². The molecule has 0 aliphatic rings. The highest BCUT2D eigenvalue weighted by Gasteiger charge is 2.09. The van der Waals surface area contributed by atoms with Crippen LogP contribution in [0.15, 0.2) is 18.2 Å². The average Bonchev–Trinajstić information content (AvgIpc) is 2.40. The first-order chi connectivity index (χ1) is 9.56. The van der Waals surface area contributed by atoms with E-state index >= 15 is 0 Å². The Balaban J connectivity index is 2.59. The van der Waals surface area contributed by atoms with E-state index in [1.165, 1.54) is 0 Å². The molecule has 0 unspecified atom stereocenters. The molecule has 3 amide bonds. The molecule has 6 nitrogen and oxygen atoms in total. The van der Waals surface area contributed by atoms with Crippen LogP contribution >= 0.6 is 0 Å². The Morgan fingerprint density at radius 1 is 1.20 bits per heavy atom. The number of rotatable bonds is 6. The van der Waals surface area contributed by atoms with Gasteiger partial charge < -0.3 is 20.7 Å². The van der Waals surface area contributed by atoms with E-state index < -0.39 is 6.03 Å². The lowest BCUT2D eigenvalue weighted by atomic mass is 10.2. The number of anilines is 1. The van der Waals surface area contributed by atoms with Crippen molar-refractivity contribution >= 4 is 17.6 Å². The molecule has 6 heteroatoms. The van der Waals surface area contributed by atoms with Crippen LogP contribution in [-0.2, 0) is 4.79 Å². The highest BCUT2D eigenvalue weighted by molar-refractivity contribution is 5.93. The van der Waals surface area contributed by atoms with Gasteiger partial charge >= 0.3 is 6.03 Å². The van der Waals surface area contributed by atoms with Crippen molar-refractivity contribution in [3.8, 4) is 5.75 Å². The van der Waals surface area contributed by atoms with Crippen LogP contribution in [0.3, 0.4) is 0 Å². The fraction of sp³-hybridized carbons (Fsp3) is 0.429. The molecule has 0 heterocycles. The third-order valence-electron chi connectivity index (χ3n) is 2.47. The molecular weight excluding hydrogens is 258 g/mol. The number of carbonyl (C=O) groups excluding carboxylic acids is 2. The number of likely N-dealkylation sites (N-methyl/N-ethyl adjacent to an activating group) is 1. The second-order valence-corrected chi connectivity index (χ2v) is 4.19. The summed E-state index contributed by atoms with van der Waals surface area (Å²) in [6.07, 6.45) is 0. The minimum absolute atomic E-state index is 0.0600. The maximum absolute atomic E-state index is 11.7. The molecule has 0 fully saturated rings. The van der Waals surface area contributed by atoms with Gasteiger partial charge in [0.25, 0.3) is 0 Å². The molecule has 0 aromatic heterocycles. The van der Waals surface area contributed by atoms with Crippen molar-refractivity contribution in [3.63, 3.8) is 0 Å². The smallest absolute Gasteiger partial charge is 0.319 e. The Kier molecular flexibility index (Phi) is 6.36. The zero-order valence-corrected chi connectivity index (χ0v) is 12.1. The van der Waals surface area contributed by atoms with Crippen molar-refractivity contribution in [2.75, 3.05) is 25.0 Å². The quantitative estimate of drug-likeness (QED) is 0.741. The summed E-state index contributed by atoms with van der Waals surface area (Å²) < 4.78 is 5.46. The number of urea groups is 1. The van der Waals surface area contributed by atoms with E-state index in [1.54, 1.807) is 6.07 Å². The van der Waals surface area contributed by atoms with Gasteiger partial charge in [0, 0.05) is 6.54 Å². The Labute approximate surface area is 118 Å². The van der Waals surface area contributed by atoms with Crippen LogP contribution in [0.25, 0.3) is 0 Å². The number of hydrogen-bond donors (Lipinski definition) is 3. The lowest BCUT2D eigenvalue weighted by Crippen LogP contribution is -2.38. The first-order valence-corrected chi connectivity index (χ1v) is 6.61. The zero-order chi connectivity index (χ0) is 15.0. The first kappa shape index (κ1) is 15.8. The summed E-state index contributed by atoms with van der Waals surface area (Å²) in [5.74, 6) is 0.386. The van der Waals surface area contributed by atoms with Crippen molar-refractivity contribution in [1.29, 1.82) is 0 Å². The lowest BCUT2D eigenvalue weighted by molar-refractivity contribution is -0.119. The standard InChI is InChI=1S/C14H21N3O3/c1-4-15-13(18)9-16-14(19)17-11-7-6-10(3)8-12(11)20-5-2/h6-8H,4-5,9H2,1-3H3,(H,15,18)(H2,16,17,19). The number of ether oxygens (including phenoxy) is 1. The Morgan fingerprint density at radius 2 is 1.95 bits per heavy atom. The molecule has 0 atom stereocenters. The molecule has 0 bridgehead atoms. The molecule has 1 aromatic rings. The first-order valence-electron chi connectivity index (χ1n) is 6.61. The van der Waals surface area contributed by atoms with E-state index in [9.17, 15) is 9.59 Å². The van der Waals surface area contributed by atoms with E-state index in [-0.39, 0.29) is 12.5 Å². The Bertz CT molecular complexity index is 475. The maximum Gasteiger partial charge on any atom is 0.319 e. The van der Waals surface area contributed by atoms with Crippen LogP contribution < -0.4 is 20.7 Å². The van der Waals surface area contributed by atoms with E-state index in [4.69, 9.17) is 4.74 Å². The summed E-state index contributed by atoms with van der Waals surface area (Å²) >= 11 is 0. The molecule has 1 aromatic carbocycles. The molecule has 1 rings (SSSR count). The van der Waals surface area contributed by atoms with Gasteiger partial charge in [-0.3, -0.25) is 4.79 Å². The number of nitrogens with one attached hydrogen (secondary N) is 3. The van der Waals surface area contributed by atoms with Crippen molar-refractivity contribution in [3.05, 3.63) is 23.8 Å². The van der Waals surface area contributed by atoms with Gasteiger partial charge in [0.2, 0.25) is 5.91 Å². The zero-order valence-electron chi connectivity index (χ0n) is 12.1. The topological polar surface area (TPSA) is 79.5 Å². The number of benzene rings is 1. The second kappa shape index (κ2) is 8.04. The molecule has 0 saturated carbocycles. The van der Waals surface area contributed by atoms with E-state index in [1.807, 2.05) is 32.9 Å². The van der Waals surface area contributed by atoms with Gasteiger partial charge in [0.15, 0.2) is 0 Å². The molecule has 0 radical (unpaired) electrons. The summed E-state index contributed by atoms with van der Waals surface area (Å²) in [6.45, 7) is 6.63. The van der Waals surface area contributed by atoms with Crippen LogP contribution in [0.4, 0.5) is 10.5 Å². The molecule has 20 heavy (non-hydrogen) atoms. The lowest BCUT2D eigenvalue weighted by Gasteiger charge is -2.13. The average molecular weight is 279 g/mol. The van der Waals surface area contributed by atoms with E-state index in [0.29, 0.717) is 24.6 Å². The minimum Gasteiger partial charge on any atom is -0.492 e. The van der Waals surface area contributed by atoms with Gasteiger partial charge in [-0.05, 0) is 38.5 Å². The Hall–Kier alpha value is -2.24. The normalized spacial score (nSPS) is 9.75. The SMILES string of the molecule is CCNC(=O)CNC(=O)Nc1ccc(C)cc1OCC. The van der Waals surface area contributed by atoms with Crippen LogP contribution in [0, 0.1) is 6.92 Å². The van der Waals surface area contributed by atoms with Crippen molar-refractivity contribution in [2.24, 2.45) is 0 Å². The summed E-state index contributed by atoms with van der Waals surface area (Å²) in [7, 11) is 0. The highest BCUT2D eigenvalue weighted by atomic mass is 16.5. The largest absolute Gasteiger partial charge is 0.492 e. The van der Waals surface area contributed by atoms with E-state index in [2.05, 4.69) is 16.0 Å². The third kappa shape index (κ3) is 5.17. The summed E-state index contributed by atoms with van der Waals surface area (Å²) in [5.41, 5.74) is 1.62. The minimum atomic E-state index is -0.443. The molecule has 110 valence electrons. The number of hydrogen-bond acceptors (Lipinski definition) is 3. The monoisotopic (exact) mass is 279 g/mol. The molecule has 0 saturated heterocycles. The molecule has 0 aliphatic carbocycles. The summed E-state index contributed by atoms with van der Waals surface area (Å²) in [5, 5.41) is 7.74. The molecular formula is C14H21N3O3. The highest BCUT2D eigenvalue weighted by Crippen LogP contribution is 2.25. The Morgan fingerprint density at radius 3 is 2.60 bits per heavy atom. The van der Waals surface area contributed by atoms with Crippen molar-refractivity contribution in [2.45, 2.75) is 20.8 Å². The van der Waals surface area contributed by atoms with Gasteiger partial charge in [0.05, 0.1) is 18.8 Å². The molecule has 0 spiro atoms. The van der Waals surface area contributed by atoms with Crippen molar-refractivity contribution in [1.82, 2.24) is 10.6 Å². The predicted molar refractivity (Wildman–Crippen MR) is 78.1 cm³/mol. The molecule has 0 aliphatic heterocycles. The number of carbonyl (C=O) groups is 2. The van der Waals surface area contributed by atoms with Gasteiger partial charge in [-0.15, -0.1) is 0 Å². The summed E-state index contributed by atoms with van der Waals surface area (Å²) in [4.78, 5) is 22.9. The third-order valence-corrected chi connectivity index (χ3v) is 2.47. The number of amides is 3. The van der Waals surface area contributed by atoms with Crippen LogP contribution in [0.1, 0.15) is 19.4 Å². The molecule has 3 N–H and O–H groups in total.